The van der Waals surface area contributed by atoms with Gasteiger partial charge in [-0.15, -0.1) is 0 Å². The molecule has 0 aliphatic rings. The van der Waals surface area contributed by atoms with Gasteiger partial charge >= 0.3 is 0 Å². The molecule has 0 aromatic heterocycles. The second kappa shape index (κ2) is 11.5. The fourth-order valence-corrected chi connectivity index (χ4v) is 2.77. The first kappa shape index (κ1) is 21.9. The van der Waals surface area contributed by atoms with Crippen LogP contribution in [0.5, 0.6) is 5.75 Å². The third-order valence-corrected chi connectivity index (χ3v) is 4.45. The number of phenols is 1. The summed E-state index contributed by atoms with van der Waals surface area (Å²) < 4.78 is 0. The van der Waals surface area contributed by atoms with Gasteiger partial charge in [-0.3, -0.25) is 9.59 Å². The standard InChI is InChI=1S/C22H28N4O3/c1-3-26(4-2)19-11-10-18(20(27)14-19)16-24-25-22(29)13-12-21(28)23-15-17-8-6-5-7-9-17/h5-11,14,16,27H,3-4,12-13,15H2,1-2H3,(H,23,28)(H,25,29)/b24-16+. The van der Waals surface area contributed by atoms with Crippen molar-refractivity contribution in [2.75, 3.05) is 18.0 Å². The number of hydrazone groups is 1. The zero-order valence-electron chi connectivity index (χ0n) is 16.9. The summed E-state index contributed by atoms with van der Waals surface area (Å²) >= 11 is 0. The molecule has 0 saturated carbocycles. The summed E-state index contributed by atoms with van der Waals surface area (Å²) in [4.78, 5) is 25.8. The quantitative estimate of drug-likeness (QED) is 0.425. The van der Waals surface area contributed by atoms with Gasteiger partial charge in [-0.25, -0.2) is 5.43 Å². The van der Waals surface area contributed by atoms with Crippen LogP contribution >= 0.6 is 0 Å². The second-order valence-corrected chi connectivity index (χ2v) is 6.47. The van der Waals surface area contributed by atoms with E-state index in [1.54, 1.807) is 12.1 Å². The molecule has 0 heterocycles. The van der Waals surface area contributed by atoms with Crippen molar-refractivity contribution in [3.8, 4) is 5.75 Å². The van der Waals surface area contributed by atoms with Gasteiger partial charge in [-0.2, -0.15) is 5.10 Å². The first-order valence-electron chi connectivity index (χ1n) is 9.74. The Hall–Kier alpha value is -3.35. The van der Waals surface area contributed by atoms with Crippen molar-refractivity contribution in [3.63, 3.8) is 0 Å². The van der Waals surface area contributed by atoms with Crippen LogP contribution in [0.3, 0.4) is 0 Å². The van der Waals surface area contributed by atoms with E-state index in [2.05, 4.69) is 20.7 Å². The highest BCUT2D eigenvalue weighted by molar-refractivity contribution is 5.87. The van der Waals surface area contributed by atoms with Gasteiger partial charge < -0.3 is 15.3 Å². The number of amides is 2. The van der Waals surface area contributed by atoms with Crippen molar-refractivity contribution in [1.82, 2.24) is 10.7 Å². The smallest absolute Gasteiger partial charge is 0.240 e. The Morgan fingerprint density at radius 2 is 1.72 bits per heavy atom. The molecule has 0 aliphatic heterocycles. The molecular weight excluding hydrogens is 368 g/mol. The normalized spacial score (nSPS) is 10.7. The van der Waals surface area contributed by atoms with Crippen LogP contribution in [0.15, 0.2) is 53.6 Å². The van der Waals surface area contributed by atoms with E-state index in [4.69, 9.17) is 0 Å². The molecule has 0 aliphatic carbocycles. The second-order valence-electron chi connectivity index (χ2n) is 6.47. The van der Waals surface area contributed by atoms with Crippen LogP contribution in [0.2, 0.25) is 0 Å². The lowest BCUT2D eigenvalue weighted by molar-refractivity contribution is -0.126. The van der Waals surface area contributed by atoms with E-state index < -0.39 is 0 Å². The van der Waals surface area contributed by atoms with Crippen molar-refractivity contribution < 1.29 is 14.7 Å². The lowest BCUT2D eigenvalue weighted by atomic mass is 10.2. The maximum atomic E-state index is 11.8. The van der Waals surface area contributed by atoms with Gasteiger partial charge in [0.25, 0.3) is 0 Å². The molecule has 3 N–H and O–H groups in total. The summed E-state index contributed by atoms with van der Waals surface area (Å²) in [6.45, 7) is 6.22. The summed E-state index contributed by atoms with van der Waals surface area (Å²) in [5.74, 6) is -0.472. The van der Waals surface area contributed by atoms with Gasteiger partial charge in [0.15, 0.2) is 0 Å². The minimum Gasteiger partial charge on any atom is -0.507 e. The van der Waals surface area contributed by atoms with E-state index in [-0.39, 0.29) is 30.4 Å². The molecule has 0 spiro atoms. The molecule has 0 fully saturated rings. The van der Waals surface area contributed by atoms with Crippen molar-refractivity contribution in [3.05, 3.63) is 59.7 Å². The minimum absolute atomic E-state index is 0.0326. The minimum atomic E-state index is -0.365. The SMILES string of the molecule is CCN(CC)c1ccc(/C=N/NC(=O)CCC(=O)NCc2ccccc2)c(O)c1. The fraction of sp³-hybridized carbons (Fsp3) is 0.318. The van der Waals surface area contributed by atoms with Gasteiger partial charge in [0, 0.05) is 49.8 Å². The lowest BCUT2D eigenvalue weighted by Crippen LogP contribution is -2.25. The van der Waals surface area contributed by atoms with E-state index in [1.807, 2.05) is 50.2 Å². The van der Waals surface area contributed by atoms with Crippen LogP contribution in [0.1, 0.15) is 37.8 Å². The zero-order chi connectivity index (χ0) is 21.1. The van der Waals surface area contributed by atoms with E-state index in [9.17, 15) is 14.7 Å². The highest BCUT2D eigenvalue weighted by Gasteiger charge is 2.07. The first-order valence-corrected chi connectivity index (χ1v) is 9.74. The van der Waals surface area contributed by atoms with Crippen LogP contribution in [0.25, 0.3) is 0 Å². The fourth-order valence-electron chi connectivity index (χ4n) is 2.77. The van der Waals surface area contributed by atoms with Crippen LogP contribution < -0.4 is 15.6 Å². The lowest BCUT2D eigenvalue weighted by Gasteiger charge is -2.21. The highest BCUT2D eigenvalue weighted by Crippen LogP contribution is 2.23. The van der Waals surface area contributed by atoms with E-state index in [1.165, 1.54) is 6.21 Å². The van der Waals surface area contributed by atoms with Crippen molar-refractivity contribution in [2.24, 2.45) is 5.10 Å². The summed E-state index contributed by atoms with van der Waals surface area (Å²) in [5.41, 5.74) is 4.81. The number of hydrogen-bond acceptors (Lipinski definition) is 5. The summed E-state index contributed by atoms with van der Waals surface area (Å²) in [7, 11) is 0. The topological polar surface area (TPSA) is 94.0 Å². The number of nitrogens with one attached hydrogen (secondary N) is 2. The zero-order valence-corrected chi connectivity index (χ0v) is 16.9. The number of phenolic OH excluding ortho intramolecular Hbond substituents is 1. The average molecular weight is 396 g/mol. The number of hydrogen-bond donors (Lipinski definition) is 3. The van der Waals surface area contributed by atoms with Gasteiger partial charge in [0.05, 0.1) is 6.21 Å². The number of nitrogens with zero attached hydrogens (tertiary/aromatic N) is 2. The Kier molecular flexibility index (Phi) is 8.69. The molecule has 154 valence electrons. The Balaban J connectivity index is 1.75. The largest absolute Gasteiger partial charge is 0.507 e. The third kappa shape index (κ3) is 7.29. The molecular formula is C22H28N4O3. The average Bonchev–Trinajstić information content (AvgIpc) is 2.74. The molecule has 0 atom stereocenters. The van der Waals surface area contributed by atoms with Crippen LogP contribution in [-0.4, -0.2) is 36.2 Å². The summed E-state index contributed by atoms with van der Waals surface area (Å²) in [6.07, 6.45) is 1.50. The molecule has 2 amide bonds. The number of carbonyl (C=O) groups is 2. The number of aromatic hydroxyl groups is 1. The Morgan fingerprint density at radius 3 is 2.38 bits per heavy atom. The van der Waals surface area contributed by atoms with Crippen molar-refractivity contribution >= 4 is 23.7 Å². The Morgan fingerprint density at radius 1 is 1.03 bits per heavy atom. The van der Waals surface area contributed by atoms with Crippen LogP contribution in [0.4, 0.5) is 5.69 Å². The molecule has 0 saturated heterocycles. The molecule has 29 heavy (non-hydrogen) atoms. The number of carbonyl (C=O) groups excluding carboxylic acids is 2. The van der Waals surface area contributed by atoms with Crippen LogP contribution in [-0.2, 0) is 16.1 Å². The van der Waals surface area contributed by atoms with Crippen LogP contribution in [0, 0.1) is 0 Å². The van der Waals surface area contributed by atoms with Gasteiger partial charge in [-0.05, 0) is 31.5 Å². The first-order chi connectivity index (χ1) is 14.0. The maximum Gasteiger partial charge on any atom is 0.240 e. The molecule has 7 nitrogen and oxygen atoms in total. The number of anilines is 1. The van der Waals surface area contributed by atoms with E-state index in [0.717, 1.165) is 24.3 Å². The van der Waals surface area contributed by atoms with E-state index >= 15 is 0 Å². The summed E-state index contributed by atoms with van der Waals surface area (Å²) in [6, 6.07) is 14.9. The van der Waals surface area contributed by atoms with E-state index in [0.29, 0.717) is 12.1 Å². The van der Waals surface area contributed by atoms with Crippen molar-refractivity contribution in [1.29, 1.82) is 0 Å². The Labute approximate surface area is 171 Å². The molecule has 2 aromatic rings. The third-order valence-electron chi connectivity index (χ3n) is 4.45. The maximum absolute atomic E-state index is 11.8. The molecule has 7 heteroatoms. The predicted molar refractivity (Wildman–Crippen MR) is 115 cm³/mol. The number of benzene rings is 2. The van der Waals surface area contributed by atoms with Gasteiger partial charge in [0.1, 0.15) is 5.75 Å². The highest BCUT2D eigenvalue weighted by atomic mass is 16.3. The van der Waals surface area contributed by atoms with Gasteiger partial charge in [-0.1, -0.05) is 30.3 Å². The molecule has 0 unspecified atom stereocenters. The molecule has 0 bridgehead atoms. The Bertz CT molecular complexity index is 833. The monoisotopic (exact) mass is 396 g/mol. The molecule has 0 radical (unpaired) electrons. The number of rotatable bonds is 10. The molecule has 2 aromatic carbocycles. The van der Waals surface area contributed by atoms with Gasteiger partial charge in [0.2, 0.25) is 11.8 Å². The molecule has 2 rings (SSSR count). The predicted octanol–water partition coefficient (Wildman–Crippen LogP) is 2.79. The summed E-state index contributed by atoms with van der Waals surface area (Å²) in [5, 5.41) is 16.8. The van der Waals surface area contributed by atoms with Crippen molar-refractivity contribution in [2.45, 2.75) is 33.2 Å².